The molecule has 2 unspecified atom stereocenters. The number of likely N-dealkylation sites (tertiary alicyclic amines) is 2. The minimum Gasteiger partial charge on any atom is -0.433 e. The van der Waals surface area contributed by atoms with E-state index in [1.54, 1.807) is 4.90 Å². The predicted molar refractivity (Wildman–Crippen MR) is 149 cm³/mol. The van der Waals surface area contributed by atoms with Crippen LogP contribution in [0.4, 0.5) is 4.79 Å². The van der Waals surface area contributed by atoms with Gasteiger partial charge in [0.05, 0.1) is 32.0 Å². The molecule has 0 aliphatic carbocycles. The summed E-state index contributed by atoms with van der Waals surface area (Å²) < 4.78 is 25.2. The van der Waals surface area contributed by atoms with Crippen LogP contribution in [0, 0.1) is 0 Å². The van der Waals surface area contributed by atoms with Crippen molar-refractivity contribution in [3.05, 3.63) is 108 Å². The Bertz CT molecular complexity index is 1070. The highest BCUT2D eigenvalue weighted by atomic mass is 16.6. The van der Waals surface area contributed by atoms with E-state index in [1.165, 1.54) is 0 Å². The standard InChI is InChI=1S/C32H38N2O5/c35-32(34-18-10-11-19-34)39-25-33-20-29(36-22-26-12-4-1-5-13-26)31(38-24-28-16-8-3-9-17-28)30(21-33)37-23-27-14-6-2-7-15-27/h1-9,12-17,29-31H,10-11,18-25H2. The first-order valence-electron chi connectivity index (χ1n) is 13.9. The van der Waals surface area contributed by atoms with Crippen LogP contribution in [0.3, 0.4) is 0 Å². The van der Waals surface area contributed by atoms with Crippen molar-refractivity contribution in [2.45, 2.75) is 51.0 Å². The molecule has 2 saturated heterocycles. The molecule has 2 fully saturated rings. The molecule has 0 saturated carbocycles. The summed E-state index contributed by atoms with van der Waals surface area (Å²) in [4.78, 5) is 16.5. The molecule has 2 aliphatic heterocycles. The number of carbonyl (C=O) groups excluding carboxylic acids is 1. The van der Waals surface area contributed by atoms with Crippen molar-refractivity contribution < 1.29 is 23.7 Å². The number of nitrogens with zero attached hydrogens (tertiary/aromatic N) is 2. The van der Waals surface area contributed by atoms with Gasteiger partial charge in [-0.3, -0.25) is 4.90 Å². The number of piperidine rings is 1. The minimum absolute atomic E-state index is 0.192. The zero-order valence-electron chi connectivity index (χ0n) is 22.4. The van der Waals surface area contributed by atoms with Crippen molar-refractivity contribution in [1.29, 1.82) is 0 Å². The second kappa shape index (κ2) is 14.2. The average molecular weight is 531 g/mol. The quantitative estimate of drug-likeness (QED) is 0.338. The summed E-state index contributed by atoms with van der Waals surface area (Å²) in [6, 6.07) is 30.4. The van der Waals surface area contributed by atoms with Crippen molar-refractivity contribution in [2.75, 3.05) is 32.9 Å². The van der Waals surface area contributed by atoms with Crippen molar-refractivity contribution in [1.82, 2.24) is 9.80 Å². The van der Waals surface area contributed by atoms with E-state index >= 15 is 0 Å². The van der Waals surface area contributed by atoms with E-state index in [0.717, 1.165) is 42.6 Å². The molecule has 0 radical (unpaired) electrons. The Balaban J connectivity index is 1.30. The van der Waals surface area contributed by atoms with E-state index in [9.17, 15) is 4.79 Å². The van der Waals surface area contributed by atoms with Gasteiger partial charge in [-0.25, -0.2) is 4.79 Å². The van der Waals surface area contributed by atoms with Gasteiger partial charge >= 0.3 is 6.09 Å². The van der Waals surface area contributed by atoms with Crippen LogP contribution >= 0.6 is 0 Å². The van der Waals surface area contributed by atoms with Gasteiger partial charge in [0.2, 0.25) is 0 Å². The minimum atomic E-state index is -0.289. The zero-order valence-corrected chi connectivity index (χ0v) is 22.4. The maximum absolute atomic E-state index is 12.6. The fourth-order valence-electron chi connectivity index (χ4n) is 5.11. The van der Waals surface area contributed by atoms with E-state index < -0.39 is 0 Å². The number of ether oxygens (including phenoxy) is 4. The monoisotopic (exact) mass is 530 g/mol. The predicted octanol–water partition coefficient (Wildman–Crippen LogP) is 5.25. The van der Waals surface area contributed by atoms with Crippen LogP contribution < -0.4 is 0 Å². The number of rotatable bonds is 11. The molecular formula is C32H38N2O5. The normalized spacial score (nSPS) is 21.6. The van der Waals surface area contributed by atoms with E-state index in [-0.39, 0.29) is 31.1 Å². The maximum Gasteiger partial charge on any atom is 0.411 e. The van der Waals surface area contributed by atoms with Gasteiger partial charge < -0.3 is 23.8 Å². The summed E-state index contributed by atoms with van der Waals surface area (Å²) in [6.07, 6.45) is 0.984. The number of hydrogen-bond acceptors (Lipinski definition) is 6. The Morgan fingerprint density at radius 3 is 1.54 bits per heavy atom. The molecule has 2 heterocycles. The molecule has 0 spiro atoms. The SMILES string of the molecule is O=C(OCN1CC(OCc2ccccc2)C(OCc2ccccc2)C(OCc2ccccc2)C1)N1CCCC1. The molecule has 39 heavy (non-hydrogen) atoms. The first-order valence-corrected chi connectivity index (χ1v) is 13.9. The summed E-state index contributed by atoms with van der Waals surface area (Å²) in [5.74, 6) is 0. The Kier molecular flexibility index (Phi) is 9.98. The van der Waals surface area contributed by atoms with Crippen molar-refractivity contribution in [3.63, 3.8) is 0 Å². The third kappa shape index (κ3) is 8.13. The molecule has 5 rings (SSSR count). The van der Waals surface area contributed by atoms with Gasteiger partial charge in [0.25, 0.3) is 0 Å². The number of hydrogen-bond donors (Lipinski definition) is 0. The zero-order chi connectivity index (χ0) is 26.7. The van der Waals surface area contributed by atoms with Gasteiger partial charge in [0, 0.05) is 26.2 Å². The fraction of sp³-hybridized carbons (Fsp3) is 0.406. The highest BCUT2D eigenvalue weighted by molar-refractivity contribution is 5.67. The Morgan fingerprint density at radius 1 is 0.641 bits per heavy atom. The van der Waals surface area contributed by atoms with Crippen LogP contribution in [0.15, 0.2) is 91.0 Å². The van der Waals surface area contributed by atoms with Gasteiger partial charge in [-0.1, -0.05) is 91.0 Å². The summed E-state index contributed by atoms with van der Waals surface area (Å²) in [5.41, 5.74) is 3.29. The highest BCUT2D eigenvalue weighted by Crippen LogP contribution is 2.24. The van der Waals surface area contributed by atoms with E-state index in [4.69, 9.17) is 18.9 Å². The van der Waals surface area contributed by atoms with Gasteiger partial charge in [0.1, 0.15) is 12.8 Å². The van der Waals surface area contributed by atoms with Crippen LogP contribution in [0.5, 0.6) is 0 Å². The molecule has 1 amide bonds. The second-order valence-corrected chi connectivity index (χ2v) is 10.2. The van der Waals surface area contributed by atoms with Crippen molar-refractivity contribution >= 4 is 6.09 Å². The second-order valence-electron chi connectivity index (χ2n) is 10.2. The Labute approximate surface area is 231 Å². The lowest BCUT2D eigenvalue weighted by molar-refractivity contribution is -0.191. The van der Waals surface area contributed by atoms with Crippen LogP contribution in [0.1, 0.15) is 29.5 Å². The largest absolute Gasteiger partial charge is 0.433 e. The van der Waals surface area contributed by atoms with Crippen LogP contribution in [0.2, 0.25) is 0 Å². The molecule has 0 N–H and O–H groups in total. The Morgan fingerprint density at radius 2 is 1.08 bits per heavy atom. The molecular weight excluding hydrogens is 492 g/mol. The van der Waals surface area contributed by atoms with Crippen LogP contribution in [0.25, 0.3) is 0 Å². The maximum atomic E-state index is 12.6. The molecule has 206 valence electrons. The van der Waals surface area contributed by atoms with E-state index in [0.29, 0.717) is 32.9 Å². The summed E-state index contributed by atoms with van der Waals surface area (Å²) in [6.45, 7) is 4.26. The number of carbonyl (C=O) groups is 1. The van der Waals surface area contributed by atoms with Crippen LogP contribution in [-0.4, -0.2) is 67.1 Å². The van der Waals surface area contributed by atoms with Gasteiger partial charge in [-0.2, -0.15) is 0 Å². The smallest absolute Gasteiger partial charge is 0.411 e. The highest BCUT2D eigenvalue weighted by Gasteiger charge is 2.40. The Hall–Kier alpha value is -3.23. The average Bonchev–Trinajstić information content (AvgIpc) is 3.54. The van der Waals surface area contributed by atoms with Gasteiger partial charge in [-0.15, -0.1) is 0 Å². The molecule has 0 aromatic heterocycles. The molecule has 2 atom stereocenters. The molecule has 7 nitrogen and oxygen atoms in total. The van der Waals surface area contributed by atoms with Crippen molar-refractivity contribution in [3.8, 4) is 0 Å². The first-order chi connectivity index (χ1) is 19.2. The molecule has 2 aliphatic rings. The molecule has 7 heteroatoms. The number of benzene rings is 3. The molecule has 3 aromatic rings. The van der Waals surface area contributed by atoms with E-state index in [1.807, 2.05) is 54.6 Å². The molecule has 0 bridgehead atoms. The first kappa shape index (κ1) is 27.3. The number of amides is 1. The lowest BCUT2D eigenvalue weighted by atomic mass is 10.0. The molecule has 3 aromatic carbocycles. The third-order valence-corrected chi connectivity index (χ3v) is 7.24. The third-order valence-electron chi connectivity index (χ3n) is 7.24. The lowest BCUT2D eigenvalue weighted by Crippen LogP contribution is -2.58. The van der Waals surface area contributed by atoms with Crippen molar-refractivity contribution in [2.24, 2.45) is 0 Å². The topological polar surface area (TPSA) is 60.5 Å². The van der Waals surface area contributed by atoms with Gasteiger partial charge in [0.15, 0.2) is 0 Å². The summed E-state index contributed by atoms with van der Waals surface area (Å²) in [7, 11) is 0. The summed E-state index contributed by atoms with van der Waals surface area (Å²) >= 11 is 0. The lowest BCUT2D eigenvalue weighted by Gasteiger charge is -2.42. The van der Waals surface area contributed by atoms with Crippen LogP contribution in [-0.2, 0) is 38.8 Å². The van der Waals surface area contributed by atoms with E-state index in [2.05, 4.69) is 41.3 Å². The fourth-order valence-corrected chi connectivity index (χ4v) is 5.11. The van der Waals surface area contributed by atoms with Gasteiger partial charge in [-0.05, 0) is 29.5 Å². The summed E-state index contributed by atoms with van der Waals surface area (Å²) in [5, 5.41) is 0.